The van der Waals surface area contributed by atoms with Crippen molar-refractivity contribution in [1.82, 2.24) is 4.90 Å². The van der Waals surface area contributed by atoms with Gasteiger partial charge in [0.15, 0.2) is 0 Å². The molecule has 2 aliphatic rings. The van der Waals surface area contributed by atoms with Crippen molar-refractivity contribution in [2.45, 2.75) is 31.4 Å². The standard InChI is InChI=1S/C11H20N2O3/c12-11(14)10-8-15-6-4-13(10)7-9-3-1-2-5-16-9/h9-10H,1-8H2,(H2,12,14)/t9-,10+/m1/s1. The maximum Gasteiger partial charge on any atom is 0.237 e. The van der Waals surface area contributed by atoms with Gasteiger partial charge in [-0.1, -0.05) is 0 Å². The van der Waals surface area contributed by atoms with E-state index in [1.54, 1.807) is 0 Å². The van der Waals surface area contributed by atoms with Crippen LogP contribution in [0.4, 0.5) is 0 Å². The molecule has 2 atom stereocenters. The van der Waals surface area contributed by atoms with Crippen molar-refractivity contribution in [2.24, 2.45) is 5.73 Å². The van der Waals surface area contributed by atoms with Gasteiger partial charge in [0.25, 0.3) is 0 Å². The van der Waals surface area contributed by atoms with Gasteiger partial charge < -0.3 is 15.2 Å². The average molecular weight is 228 g/mol. The highest BCUT2D eigenvalue weighted by atomic mass is 16.5. The lowest BCUT2D eigenvalue weighted by Gasteiger charge is -2.36. The molecule has 0 aliphatic carbocycles. The summed E-state index contributed by atoms with van der Waals surface area (Å²) in [6.45, 7) is 3.51. The number of ether oxygens (including phenoxy) is 2. The molecule has 0 bridgehead atoms. The van der Waals surface area contributed by atoms with E-state index in [-0.39, 0.29) is 18.1 Å². The number of nitrogens with two attached hydrogens (primary N) is 1. The van der Waals surface area contributed by atoms with Crippen LogP contribution in [0.5, 0.6) is 0 Å². The molecule has 0 aromatic carbocycles. The van der Waals surface area contributed by atoms with E-state index >= 15 is 0 Å². The molecule has 0 aromatic heterocycles. The molecule has 5 nitrogen and oxygen atoms in total. The fourth-order valence-corrected chi connectivity index (χ4v) is 2.33. The van der Waals surface area contributed by atoms with E-state index in [1.165, 1.54) is 6.42 Å². The Bertz CT molecular complexity index is 241. The van der Waals surface area contributed by atoms with Crippen LogP contribution in [0.1, 0.15) is 19.3 Å². The second-order valence-electron chi connectivity index (χ2n) is 4.48. The van der Waals surface area contributed by atoms with Crippen LogP contribution in [0.2, 0.25) is 0 Å². The summed E-state index contributed by atoms with van der Waals surface area (Å²) in [5, 5.41) is 0. The van der Waals surface area contributed by atoms with Gasteiger partial charge in [-0.3, -0.25) is 9.69 Å². The zero-order valence-electron chi connectivity index (χ0n) is 9.56. The molecule has 16 heavy (non-hydrogen) atoms. The van der Waals surface area contributed by atoms with Gasteiger partial charge in [0.2, 0.25) is 5.91 Å². The van der Waals surface area contributed by atoms with Gasteiger partial charge in [0.05, 0.1) is 19.3 Å². The SMILES string of the molecule is NC(=O)[C@@H]1COCCN1C[C@H]1CCCCO1. The number of hydrogen-bond acceptors (Lipinski definition) is 4. The van der Waals surface area contributed by atoms with Gasteiger partial charge >= 0.3 is 0 Å². The number of rotatable bonds is 3. The van der Waals surface area contributed by atoms with Crippen molar-refractivity contribution < 1.29 is 14.3 Å². The molecular weight excluding hydrogens is 208 g/mol. The van der Waals surface area contributed by atoms with Crippen molar-refractivity contribution in [2.75, 3.05) is 32.9 Å². The maximum absolute atomic E-state index is 11.3. The lowest BCUT2D eigenvalue weighted by atomic mass is 10.1. The van der Waals surface area contributed by atoms with Crippen LogP contribution in [-0.4, -0.2) is 55.9 Å². The normalized spacial score (nSPS) is 32.5. The molecule has 2 fully saturated rings. The Balaban J connectivity index is 1.87. The summed E-state index contributed by atoms with van der Waals surface area (Å²) in [6, 6.07) is -0.278. The molecule has 0 radical (unpaired) electrons. The molecule has 0 unspecified atom stereocenters. The molecule has 2 aliphatic heterocycles. The lowest BCUT2D eigenvalue weighted by molar-refractivity contribution is -0.131. The molecular formula is C11H20N2O3. The third-order valence-corrected chi connectivity index (χ3v) is 3.28. The first-order valence-electron chi connectivity index (χ1n) is 6.00. The number of morpholine rings is 1. The van der Waals surface area contributed by atoms with E-state index in [4.69, 9.17) is 15.2 Å². The smallest absolute Gasteiger partial charge is 0.237 e. The molecule has 2 rings (SSSR count). The second-order valence-corrected chi connectivity index (χ2v) is 4.48. The summed E-state index contributed by atoms with van der Waals surface area (Å²) in [5.41, 5.74) is 5.36. The minimum Gasteiger partial charge on any atom is -0.378 e. The Morgan fingerprint density at radius 1 is 1.38 bits per heavy atom. The van der Waals surface area contributed by atoms with Gasteiger partial charge in [-0.25, -0.2) is 0 Å². The summed E-state index contributed by atoms with van der Waals surface area (Å²) in [4.78, 5) is 13.4. The Morgan fingerprint density at radius 3 is 2.94 bits per heavy atom. The minimum atomic E-state index is -0.296. The first-order chi connectivity index (χ1) is 7.77. The highest BCUT2D eigenvalue weighted by molar-refractivity contribution is 5.80. The fourth-order valence-electron chi connectivity index (χ4n) is 2.33. The van der Waals surface area contributed by atoms with Crippen LogP contribution in [0.15, 0.2) is 0 Å². The van der Waals surface area contributed by atoms with Crippen LogP contribution in [-0.2, 0) is 14.3 Å². The lowest BCUT2D eigenvalue weighted by Crippen LogP contribution is -2.54. The van der Waals surface area contributed by atoms with Crippen molar-refractivity contribution >= 4 is 5.91 Å². The quantitative estimate of drug-likeness (QED) is 0.723. The van der Waals surface area contributed by atoms with Crippen LogP contribution in [0.3, 0.4) is 0 Å². The monoisotopic (exact) mass is 228 g/mol. The number of hydrogen-bond donors (Lipinski definition) is 1. The molecule has 1 amide bonds. The number of carbonyl (C=O) groups is 1. The van der Waals surface area contributed by atoms with Gasteiger partial charge in [-0.2, -0.15) is 0 Å². The molecule has 5 heteroatoms. The Labute approximate surface area is 95.9 Å². The van der Waals surface area contributed by atoms with Crippen molar-refractivity contribution in [3.63, 3.8) is 0 Å². The zero-order chi connectivity index (χ0) is 11.4. The van der Waals surface area contributed by atoms with Gasteiger partial charge in [0.1, 0.15) is 6.04 Å². The maximum atomic E-state index is 11.3. The fraction of sp³-hybridized carbons (Fsp3) is 0.909. The van der Waals surface area contributed by atoms with Crippen LogP contribution >= 0.6 is 0 Å². The van der Waals surface area contributed by atoms with E-state index < -0.39 is 0 Å². The first kappa shape index (κ1) is 11.8. The van der Waals surface area contributed by atoms with E-state index in [1.807, 2.05) is 0 Å². The average Bonchev–Trinajstić information content (AvgIpc) is 2.31. The summed E-state index contributed by atoms with van der Waals surface area (Å²) in [5.74, 6) is -0.296. The van der Waals surface area contributed by atoms with Crippen LogP contribution in [0.25, 0.3) is 0 Å². The molecule has 2 saturated heterocycles. The Hall–Kier alpha value is -0.650. The molecule has 0 aromatic rings. The largest absolute Gasteiger partial charge is 0.378 e. The molecule has 0 saturated carbocycles. The highest BCUT2D eigenvalue weighted by Gasteiger charge is 2.30. The van der Waals surface area contributed by atoms with Gasteiger partial charge in [-0.05, 0) is 19.3 Å². The predicted octanol–water partition coefficient (Wildman–Crippen LogP) is -0.258. The number of nitrogens with zero attached hydrogens (tertiary/aromatic N) is 1. The highest BCUT2D eigenvalue weighted by Crippen LogP contribution is 2.16. The molecule has 0 spiro atoms. The second kappa shape index (κ2) is 5.61. The Morgan fingerprint density at radius 2 is 2.25 bits per heavy atom. The van der Waals surface area contributed by atoms with Crippen molar-refractivity contribution in [3.8, 4) is 0 Å². The third-order valence-electron chi connectivity index (χ3n) is 3.28. The topological polar surface area (TPSA) is 64.8 Å². The van der Waals surface area contributed by atoms with Gasteiger partial charge in [0, 0.05) is 19.7 Å². The van der Waals surface area contributed by atoms with E-state index in [9.17, 15) is 4.79 Å². The molecule has 2 N–H and O–H groups in total. The zero-order valence-corrected chi connectivity index (χ0v) is 9.56. The van der Waals surface area contributed by atoms with E-state index in [2.05, 4.69) is 4.90 Å². The summed E-state index contributed by atoms with van der Waals surface area (Å²) in [7, 11) is 0. The number of carbonyl (C=O) groups excluding carboxylic acids is 1. The number of amides is 1. The third kappa shape index (κ3) is 2.93. The van der Waals surface area contributed by atoms with E-state index in [0.717, 1.165) is 32.5 Å². The van der Waals surface area contributed by atoms with Crippen LogP contribution in [0, 0.1) is 0 Å². The number of primary amides is 1. The minimum absolute atomic E-state index is 0.258. The van der Waals surface area contributed by atoms with Crippen LogP contribution < -0.4 is 5.73 Å². The predicted molar refractivity (Wildman–Crippen MR) is 59.0 cm³/mol. The molecule has 92 valence electrons. The summed E-state index contributed by atoms with van der Waals surface area (Å²) in [6.07, 6.45) is 3.71. The van der Waals surface area contributed by atoms with Crippen molar-refractivity contribution in [1.29, 1.82) is 0 Å². The van der Waals surface area contributed by atoms with E-state index in [0.29, 0.717) is 13.2 Å². The van der Waals surface area contributed by atoms with Crippen molar-refractivity contribution in [3.05, 3.63) is 0 Å². The summed E-state index contributed by atoms with van der Waals surface area (Å²) < 4.78 is 11.0. The van der Waals surface area contributed by atoms with Gasteiger partial charge in [-0.15, -0.1) is 0 Å². The Kier molecular flexibility index (Phi) is 4.15. The first-order valence-corrected chi connectivity index (χ1v) is 6.00. The molecule has 2 heterocycles. The summed E-state index contributed by atoms with van der Waals surface area (Å²) >= 11 is 0.